The van der Waals surface area contributed by atoms with E-state index >= 15 is 0 Å². The van der Waals surface area contributed by atoms with Crippen LogP contribution in [-0.4, -0.2) is 56.8 Å². The lowest BCUT2D eigenvalue weighted by atomic mass is 10.1. The number of anilines is 1. The largest absolute Gasteiger partial charge is 0.354 e. The Balaban J connectivity index is 2.03. The number of nitrogens with one attached hydrogen (secondary N) is 1. The molecule has 0 atom stereocenters. The number of carbonyl (C=O) groups excluding carboxylic acids is 1. The summed E-state index contributed by atoms with van der Waals surface area (Å²) in [4.78, 5) is 12.4. The van der Waals surface area contributed by atoms with Crippen LogP contribution in [-0.2, 0) is 15.0 Å². The van der Waals surface area contributed by atoms with E-state index in [1.165, 1.54) is 44.1 Å². The number of hydrogen-bond donors (Lipinski definition) is 1. The minimum absolute atomic E-state index is 0.223. The first-order valence-corrected chi connectivity index (χ1v) is 11.8. The van der Waals surface area contributed by atoms with Crippen molar-refractivity contribution >= 4 is 33.6 Å². The maximum Gasteiger partial charge on any atom is 0.304 e. The first-order chi connectivity index (χ1) is 12.7. The Bertz CT molecular complexity index is 745. The van der Waals surface area contributed by atoms with E-state index in [0.29, 0.717) is 17.5 Å². The van der Waals surface area contributed by atoms with Gasteiger partial charge in [-0.1, -0.05) is 25.0 Å². The molecular weight excluding hydrogens is 382 g/mol. The maximum atomic E-state index is 12.8. The van der Waals surface area contributed by atoms with Gasteiger partial charge >= 0.3 is 10.2 Å². The number of hydrogen-bond acceptors (Lipinski definition) is 4. The molecule has 0 unspecified atom stereocenters. The molecule has 0 spiro atoms. The molecule has 1 aliphatic rings. The highest BCUT2D eigenvalue weighted by molar-refractivity contribution is 7.99. The third-order valence-corrected chi connectivity index (χ3v) is 7.93. The smallest absolute Gasteiger partial charge is 0.304 e. The van der Waals surface area contributed by atoms with Crippen LogP contribution in [0.4, 0.5) is 5.69 Å². The predicted molar refractivity (Wildman–Crippen MR) is 114 cm³/mol. The Hall–Kier alpha value is -1.25. The van der Waals surface area contributed by atoms with E-state index in [0.717, 1.165) is 21.2 Å². The minimum Gasteiger partial charge on any atom is -0.354 e. The lowest BCUT2D eigenvalue weighted by Crippen LogP contribution is -2.46. The fourth-order valence-electron chi connectivity index (χ4n) is 3.13. The highest BCUT2D eigenvalue weighted by atomic mass is 32.2. The van der Waals surface area contributed by atoms with Gasteiger partial charge in [-0.3, -0.25) is 4.79 Å². The molecule has 0 aliphatic heterocycles. The number of carbonyl (C=O) groups is 1. The average molecular weight is 414 g/mol. The summed E-state index contributed by atoms with van der Waals surface area (Å²) in [6, 6.07) is 5.61. The Morgan fingerprint density at radius 3 is 2.52 bits per heavy atom. The van der Waals surface area contributed by atoms with Crippen LogP contribution in [0.2, 0.25) is 0 Å². The molecule has 0 heterocycles. The van der Waals surface area contributed by atoms with Crippen molar-refractivity contribution in [3.8, 4) is 0 Å². The van der Waals surface area contributed by atoms with E-state index in [9.17, 15) is 13.2 Å². The third-order valence-electron chi connectivity index (χ3n) is 4.74. The number of rotatable bonds is 9. The lowest BCUT2D eigenvalue weighted by Gasteiger charge is -2.28. The molecule has 1 saturated carbocycles. The summed E-state index contributed by atoms with van der Waals surface area (Å²) in [6.07, 6.45) is 5.13. The van der Waals surface area contributed by atoms with Gasteiger partial charge < -0.3 is 5.32 Å². The molecule has 8 heteroatoms. The molecule has 1 aromatic rings. The zero-order valence-corrected chi connectivity index (χ0v) is 18.3. The van der Waals surface area contributed by atoms with Crippen molar-refractivity contribution in [3.05, 3.63) is 29.3 Å². The van der Waals surface area contributed by atoms with E-state index < -0.39 is 10.2 Å². The van der Waals surface area contributed by atoms with E-state index in [1.54, 1.807) is 6.07 Å². The minimum atomic E-state index is -3.77. The van der Waals surface area contributed by atoms with Crippen LogP contribution in [0.15, 0.2) is 18.2 Å². The van der Waals surface area contributed by atoms with Crippen molar-refractivity contribution in [1.29, 1.82) is 0 Å². The van der Waals surface area contributed by atoms with Gasteiger partial charge in [0.25, 0.3) is 0 Å². The molecule has 1 fully saturated rings. The van der Waals surface area contributed by atoms with Gasteiger partial charge in [0.05, 0.1) is 5.69 Å². The molecule has 0 saturated heterocycles. The number of aryl methyl sites for hydroxylation is 2. The van der Waals surface area contributed by atoms with Crippen molar-refractivity contribution in [1.82, 2.24) is 9.62 Å². The van der Waals surface area contributed by atoms with Crippen molar-refractivity contribution in [3.63, 3.8) is 0 Å². The van der Waals surface area contributed by atoms with Gasteiger partial charge in [-0.2, -0.15) is 24.5 Å². The summed E-state index contributed by atoms with van der Waals surface area (Å²) in [5.74, 6) is 0.577. The van der Waals surface area contributed by atoms with Crippen LogP contribution in [0.1, 0.15) is 36.8 Å². The monoisotopic (exact) mass is 413 g/mol. The molecule has 1 aromatic carbocycles. The Morgan fingerprint density at radius 1 is 1.22 bits per heavy atom. The van der Waals surface area contributed by atoms with Crippen LogP contribution >= 0.6 is 11.8 Å². The highest BCUT2D eigenvalue weighted by Crippen LogP contribution is 2.29. The van der Waals surface area contributed by atoms with Crippen molar-refractivity contribution in [2.45, 2.75) is 44.8 Å². The Labute approximate surface area is 167 Å². The van der Waals surface area contributed by atoms with Crippen molar-refractivity contribution in [2.24, 2.45) is 0 Å². The van der Waals surface area contributed by atoms with Gasteiger partial charge in [0.15, 0.2) is 0 Å². The first kappa shape index (κ1) is 22.0. The van der Waals surface area contributed by atoms with Gasteiger partial charge in [-0.25, -0.2) is 4.31 Å². The Kier molecular flexibility index (Phi) is 8.00. The Morgan fingerprint density at radius 2 is 1.89 bits per heavy atom. The van der Waals surface area contributed by atoms with Crippen LogP contribution in [0, 0.1) is 13.8 Å². The number of benzene rings is 1. The molecule has 0 bridgehead atoms. The molecule has 0 radical (unpaired) electrons. The van der Waals surface area contributed by atoms with Crippen LogP contribution in [0.5, 0.6) is 0 Å². The molecule has 27 heavy (non-hydrogen) atoms. The predicted octanol–water partition coefficient (Wildman–Crippen LogP) is 2.71. The molecule has 1 N–H and O–H groups in total. The maximum absolute atomic E-state index is 12.8. The zero-order valence-electron chi connectivity index (χ0n) is 16.7. The lowest BCUT2D eigenvalue weighted by molar-refractivity contribution is -0.119. The van der Waals surface area contributed by atoms with Gasteiger partial charge in [0.1, 0.15) is 6.54 Å². The molecule has 6 nitrogen and oxygen atoms in total. The quantitative estimate of drug-likeness (QED) is 0.632. The summed E-state index contributed by atoms with van der Waals surface area (Å²) < 4.78 is 27.9. The van der Waals surface area contributed by atoms with Crippen LogP contribution in [0.3, 0.4) is 0 Å². The average Bonchev–Trinajstić information content (AvgIpc) is 3.12. The number of amides is 1. The normalized spacial score (nSPS) is 15.3. The summed E-state index contributed by atoms with van der Waals surface area (Å²) in [7, 11) is -0.818. The van der Waals surface area contributed by atoms with Crippen molar-refractivity contribution < 1.29 is 13.2 Å². The summed E-state index contributed by atoms with van der Waals surface area (Å²) in [6.45, 7) is 4.09. The molecule has 1 amide bonds. The standard InChI is InChI=1S/C19H31N3O3S2/c1-15-9-10-16(2)18(13-15)22(27(24,25)21(3)4)14-19(23)20-11-12-26-17-7-5-6-8-17/h9-10,13,17H,5-8,11-12,14H2,1-4H3,(H,20,23). The summed E-state index contributed by atoms with van der Waals surface area (Å²) in [5, 5.41) is 3.58. The second kappa shape index (κ2) is 9.80. The fraction of sp³-hybridized carbons (Fsp3) is 0.632. The number of thioether (sulfide) groups is 1. The van der Waals surface area contributed by atoms with Crippen LogP contribution < -0.4 is 9.62 Å². The SMILES string of the molecule is Cc1ccc(C)c(N(CC(=O)NCCSC2CCCC2)S(=O)(=O)N(C)C)c1. The molecule has 152 valence electrons. The van der Waals surface area contributed by atoms with E-state index in [4.69, 9.17) is 0 Å². The van der Waals surface area contributed by atoms with E-state index in [1.807, 2.05) is 37.7 Å². The number of nitrogens with zero attached hydrogens (tertiary/aromatic N) is 2. The van der Waals surface area contributed by atoms with Crippen molar-refractivity contribution in [2.75, 3.05) is 37.2 Å². The fourth-order valence-corrected chi connectivity index (χ4v) is 5.47. The van der Waals surface area contributed by atoms with Gasteiger partial charge in [-0.15, -0.1) is 0 Å². The zero-order chi connectivity index (χ0) is 20.0. The van der Waals surface area contributed by atoms with Gasteiger partial charge in [-0.05, 0) is 43.9 Å². The summed E-state index contributed by atoms with van der Waals surface area (Å²) in [5.41, 5.74) is 2.30. The summed E-state index contributed by atoms with van der Waals surface area (Å²) >= 11 is 1.90. The first-order valence-electron chi connectivity index (χ1n) is 9.37. The van der Waals surface area contributed by atoms with Gasteiger partial charge in [0.2, 0.25) is 5.91 Å². The third kappa shape index (κ3) is 6.12. The molecule has 0 aromatic heterocycles. The van der Waals surface area contributed by atoms with E-state index in [-0.39, 0.29) is 12.5 Å². The highest BCUT2D eigenvalue weighted by Gasteiger charge is 2.28. The molecular formula is C19H31N3O3S2. The van der Waals surface area contributed by atoms with Gasteiger partial charge in [0, 0.05) is 31.6 Å². The van der Waals surface area contributed by atoms with Crippen LogP contribution in [0.25, 0.3) is 0 Å². The molecule has 2 rings (SSSR count). The second-order valence-electron chi connectivity index (χ2n) is 7.21. The topological polar surface area (TPSA) is 69.7 Å². The second-order valence-corrected chi connectivity index (χ2v) is 10.7. The molecule has 1 aliphatic carbocycles. The van der Waals surface area contributed by atoms with E-state index in [2.05, 4.69) is 5.32 Å².